The Hall–Kier alpha value is -2.57. The Labute approximate surface area is 86.7 Å². The number of aromatic nitrogens is 4. The summed E-state index contributed by atoms with van der Waals surface area (Å²) < 4.78 is 5.04. The maximum atomic E-state index is 11.4. The first kappa shape index (κ1) is 8.72. The van der Waals surface area contributed by atoms with Crippen LogP contribution in [0.3, 0.4) is 0 Å². The van der Waals surface area contributed by atoms with E-state index in [1.165, 1.54) is 12.1 Å². The van der Waals surface area contributed by atoms with E-state index in [1.807, 2.05) is 0 Å². The van der Waals surface area contributed by atoms with Crippen LogP contribution < -0.4 is 11.1 Å². The summed E-state index contributed by atoms with van der Waals surface area (Å²) in [5.41, 5.74) is -0.172. The molecule has 7 heteroatoms. The fourth-order valence-electron chi connectivity index (χ4n) is 1.49. The molecule has 0 atom stereocenters. The van der Waals surface area contributed by atoms with Gasteiger partial charge in [0.2, 0.25) is 0 Å². The normalized spacial score (nSPS) is 11.0. The molecule has 0 amide bonds. The van der Waals surface area contributed by atoms with Crippen LogP contribution in [0.4, 0.5) is 0 Å². The number of H-pyrrole nitrogens is 1. The van der Waals surface area contributed by atoms with Crippen molar-refractivity contribution in [3.8, 4) is 0 Å². The SMILES string of the molecule is O=c1nn[nH]c2cc3c(=O)ncoc3cc12. The number of nitrogens with one attached hydrogen (secondary N) is 1. The maximum absolute atomic E-state index is 11.4. The molecular weight excluding hydrogens is 212 g/mol. The van der Waals surface area contributed by atoms with Crippen molar-refractivity contribution in [1.82, 2.24) is 20.4 Å². The van der Waals surface area contributed by atoms with Crippen LogP contribution in [0.2, 0.25) is 0 Å². The van der Waals surface area contributed by atoms with Crippen molar-refractivity contribution < 1.29 is 4.42 Å². The maximum Gasteiger partial charge on any atom is 0.299 e. The number of benzene rings is 1. The number of aromatic amines is 1. The molecule has 0 aliphatic heterocycles. The summed E-state index contributed by atoms with van der Waals surface area (Å²) in [6.45, 7) is 0. The van der Waals surface area contributed by atoms with Gasteiger partial charge in [0.05, 0.1) is 16.3 Å². The molecule has 0 bridgehead atoms. The highest BCUT2D eigenvalue weighted by atomic mass is 16.3. The molecule has 0 saturated carbocycles. The molecule has 3 rings (SSSR count). The van der Waals surface area contributed by atoms with Crippen LogP contribution in [0, 0.1) is 0 Å². The van der Waals surface area contributed by atoms with Gasteiger partial charge < -0.3 is 4.42 Å². The summed E-state index contributed by atoms with van der Waals surface area (Å²) in [6, 6.07) is 2.92. The molecule has 16 heavy (non-hydrogen) atoms. The summed E-state index contributed by atoms with van der Waals surface area (Å²) in [6.07, 6.45) is 1.04. The molecule has 3 aromatic rings. The van der Waals surface area contributed by atoms with Crippen LogP contribution in [0.25, 0.3) is 21.9 Å². The predicted octanol–water partition coefficient (Wildman–Crippen LogP) is -0.181. The van der Waals surface area contributed by atoms with Crippen LogP contribution in [0.15, 0.2) is 32.5 Å². The lowest BCUT2D eigenvalue weighted by Crippen LogP contribution is -2.11. The van der Waals surface area contributed by atoms with Crippen molar-refractivity contribution in [1.29, 1.82) is 0 Å². The van der Waals surface area contributed by atoms with E-state index in [9.17, 15) is 9.59 Å². The molecule has 78 valence electrons. The zero-order valence-corrected chi connectivity index (χ0v) is 7.80. The standard InChI is InChI=1S/C9H4N4O3/c14-8-5-1-6-4(9(15)12-13-11-6)2-7(5)16-3-10-8/h1-3H,(H,11,12,15). The second-order valence-electron chi connectivity index (χ2n) is 3.17. The summed E-state index contributed by atoms with van der Waals surface area (Å²) >= 11 is 0. The Morgan fingerprint density at radius 3 is 2.88 bits per heavy atom. The fraction of sp³-hybridized carbons (Fsp3) is 0. The second-order valence-corrected chi connectivity index (χ2v) is 3.17. The van der Waals surface area contributed by atoms with E-state index in [1.54, 1.807) is 0 Å². The van der Waals surface area contributed by atoms with Crippen LogP contribution in [-0.2, 0) is 0 Å². The Kier molecular flexibility index (Phi) is 1.61. The van der Waals surface area contributed by atoms with Gasteiger partial charge in [0, 0.05) is 0 Å². The van der Waals surface area contributed by atoms with Crippen molar-refractivity contribution in [2.24, 2.45) is 0 Å². The average Bonchev–Trinajstić information content (AvgIpc) is 2.29. The molecule has 0 spiro atoms. The molecule has 0 radical (unpaired) electrons. The van der Waals surface area contributed by atoms with Crippen molar-refractivity contribution >= 4 is 21.9 Å². The highest BCUT2D eigenvalue weighted by Gasteiger charge is 2.06. The van der Waals surface area contributed by atoms with E-state index < -0.39 is 11.1 Å². The highest BCUT2D eigenvalue weighted by molar-refractivity contribution is 5.92. The lowest BCUT2D eigenvalue weighted by molar-refractivity contribution is 0.576. The Morgan fingerprint density at radius 2 is 2.00 bits per heavy atom. The van der Waals surface area contributed by atoms with Gasteiger partial charge in [0.25, 0.3) is 11.1 Å². The van der Waals surface area contributed by atoms with Gasteiger partial charge in [-0.25, -0.2) is 0 Å². The lowest BCUT2D eigenvalue weighted by atomic mass is 10.2. The highest BCUT2D eigenvalue weighted by Crippen LogP contribution is 2.14. The van der Waals surface area contributed by atoms with Gasteiger partial charge in [0.1, 0.15) is 5.58 Å². The van der Waals surface area contributed by atoms with E-state index >= 15 is 0 Å². The van der Waals surface area contributed by atoms with Gasteiger partial charge in [0.15, 0.2) is 6.39 Å². The number of fused-ring (bicyclic) bond motifs is 2. The van der Waals surface area contributed by atoms with Crippen molar-refractivity contribution in [2.75, 3.05) is 0 Å². The largest absolute Gasteiger partial charge is 0.445 e. The van der Waals surface area contributed by atoms with Crippen molar-refractivity contribution in [3.05, 3.63) is 39.2 Å². The van der Waals surface area contributed by atoms with Gasteiger partial charge in [-0.1, -0.05) is 10.3 Å². The molecule has 2 aromatic heterocycles. The van der Waals surface area contributed by atoms with Gasteiger partial charge in [-0.15, -0.1) is 0 Å². The quantitative estimate of drug-likeness (QED) is 0.523. The summed E-state index contributed by atoms with van der Waals surface area (Å²) in [5, 5.41) is 9.90. The molecule has 1 aromatic carbocycles. The first-order valence-electron chi connectivity index (χ1n) is 4.38. The van der Waals surface area contributed by atoms with Gasteiger partial charge >= 0.3 is 0 Å². The number of hydrogen-bond donors (Lipinski definition) is 1. The third-order valence-corrected chi connectivity index (χ3v) is 2.24. The summed E-state index contributed by atoms with van der Waals surface area (Å²) in [7, 11) is 0. The predicted molar refractivity (Wildman–Crippen MR) is 54.0 cm³/mol. The van der Waals surface area contributed by atoms with Crippen molar-refractivity contribution in [3.63, 3.8) is 0 Å². The smallest absolute Gasteiger partial charge is 0.299 e. The van der Waals surface area contributed by atoms with Gasteiger partial charge in [-0.2, -0.15) is 4.98 Å². The Bertz CT molecular complexity index is 735. The molecule has 0 aliphatic rings. The summed E-state index contributed by atoms with van der Waals surface area (Å²) in [5.74, 6) is 0. The van der Waals surface area contributed by atoms with E-state index in [0.29, 0.717) is 21.9 Å². The van der Waals surface area contributed by atoms with E-state index in [2.05, 4.69) is 20.4 Å². The van der Waals surface area contributed by atoms with Crippen molar-refractivity contribution in [2.45, 2.75) is 0 Å². The van der Waals surface area contributed by atoms with Gasteiger partial charge in [-0.3, -0.25) is 14.7 Å². The molecule has 1 N–H and O–H groups in total. The van der Waals surface area contributed by atoms with Crippen LogP contribution in [0.1, 0.15) is 0 Å². The molecule has 0 unspecified atom stereocenters. The third-order valence-electron chi connectivity index (χ3n) is 2.24. The number of nitrogens with zero attached hydrogens (tertiary/aromatic N) is 3. The van der Waals surface area contributed by atoms with Gasteiger partial charge in [-0.05, 0) is 12.1 Å². The van der Waals surface area contributed by atoms with Crippen LogP contribution in [0.5, 0.6) is 0 Å². The van der Waals surface area contributed by atoms with E-state index in [-0.39, 0.29) is 0 Å². The Balaban J connectivity index is 2.65. The average molecular weight is 216 g/mol. The zero-order chi connectivity index (χ0) is 11.1. The minimum atomic E-state index is -0.477. The molecule has 0 fully saturated rings. The van der Waals surface area contributed by atoms with E-state index in [4.69, 9.17) is 4.42 Å². The monoisotopic (exact) mass is 216 g/mol. The minimum absolute atomic E-state index is 0.290. The molecule has 0 aliphatic carbocycles. The number of hydrogen-bond acceptors (Lipinski definition) is 6. The molecular formula is C9H4N4O3. The molecule has 7 nitrogen and oxygen atoms in total. The molecule has 0 saturated heterocycles. The van der Waals surface area contributed by atoms with E-state index in [0.717, 1.165) is 6.39 Å². The summed E-state index contributed by atoms with van der Waals surface area (Å²) in [4.78, 5) is 26.3. The lowest BCUT2D eigenvalue weighted by Gasteiger charge is -1.97. The molecule has 2 heterocycles. The van der Waals surface area contributed by atoms with Crippen LogP contribution in [-0.4, -0.2) is 20.4 Å². The first-order valence-corrected chi connectivity index (χ1v) is 4.38. The number of rotatable bonds is 0. The topological polar surface area (TPSA) is 102 Å². The first-order chi connectivity index (χ1) is 7.75. The fourth-order valence-corrected chi connectivity index (χ4v) is 1.49. The Morgan fingerprint density at radius 1 is 1.12 bits per heavy atom. The van der Waals surface area contributed by atoms with Crippen LogP contribution >= 0.6 is 0 Å². The minimum Gasteiger partial charge on any atom is -0.445 e. The second kappa shape index (κ2) is 2.96. The zero-order valence-electron chi connectivity index (χ0n) is 7.80. The third kappa shape index (κ3) is 1.11.